The molecule has 2 N–H and O–H groups in total. The maximum Gasteiger partial charge on any atom is 0.229 e. The molecular weight excluding hydrogens is 304 g/mol. The number of fused-ring (bicyclic) bond motifs is 1. The van der Waals surface area contributed by atoms with Gasteiger partial charge in [0.15, 0.2) is 0 Å². The van der Waals surface area contributed by atoms with Gasteiger partial charge in [0, 0.05) is 23.2 Å². The first kappa shape index (κ1) is 14.4. The van der Waals surface area contributed by atoms with Crippen molar-refractivity contribution < 1.29 is 14.7 Å². The largest absolute Gasteiger partial charge is 0.508 e. The number of nitrogens with one attached hydrogen (secondary N) is 1. The summed E-state index contributed by atoms with van der Waals surface area (Å²) < 4.78 is 0. The van der Waals surface area contributed by atoms with E-state index in [1.54, 1.807) is 30.3 Å². The number of rotatable bonds is 3. The number of ketones is 2. The molecule has 0 spiro atoms. The third-order valence-electron chi connectivity index (χ3n) is 4.32. The molecule has 1 aliphatic rings. The van der Waals surface area contributed by atoms with Crippen molar-refractivity contribution in [2.75, 3.05) is 0 Å². The Bertz CT molecular complexity index is 959. The predicted molar refractivity (Wildman–Crippen MR) is 87.9 cm³/mol. The van der Waals surface area contributed by atoms with Crippen LogP contribution in [-0.4, -0.2) is 26.9 Å². The number of aromatic nitrogens is 2. The van der Waals surface area contributed by atoms with Crippen molar-refractivity contribution in [2.45, 2.75) is 12.3 Å². The van der Waals surface area contributed by atoms with Crippen LogP contribution in [0.2, 0.25) is 0 Å². The van der Waals surface area contributed by atoms with Crippen LogP contribution in [0.1, 0.15) is 27.5 Å². The third-order valence-corrected chi connectivity index (χ3v) is 4.32. The van der Waals surface area contributed by atoms with Crippen LogP contribution in [0.15, 0.2) is 54.6 Å². The van der Waals surface area contributed by atoms with E-state index in [1.165, 1.54) is 0 Å². The molecule has 118 valence electrons. The maximum atomic E-state index is 12.3. The molecule has 0 radical (unpaired) electrons. The van der Waals surface area contributed by atoms with Crippen molar-refractivity contribution in [3.8, 4) is 17.0 Å². The molecule has 1 aromatic heterocycles. The van der Waals surface area contributed by atoms with Crippen LogP contribution in [0, 0.1) is 0 Å². The van der Waals surface area contributed by atoms with E-state index in [2.05, 4.69) is 10.2 Å². The number of hydrogen-bond acceptors (Lipinski definition) is 4. The number of phenols is 1. The molecule has 0 aliphatic heterocycles. The molecule has 1 heterocycles. The fraction of sp³-hybridized carbons (Fsp3) is 0.105. The van der Waals surface area contributed by atoms with E-state index in [0.717, 1.165) is 16.8 Å². The number of benzene rings is 2. The van der Waals surface area contributed by atoms with Gasteiger partial charge in [0.05, 0.1) is 11.6 Å². The minimum Gasteiger partial charge on any atom is -0.508 e. The fourth-order valence-corrected chi connectivity index (χ4v) is 3.14. The number of Topliss-reactive ketones (excluding diaryl/α,β-unsaturated/α-hetero) is 2. The van der Waals surface area contributed by atoms with Crippen LogP contribution in [0.5, 0.6) is 5.75 Å². The zero-order valence-corrected chi connectivity index (χ0v) is 12.7. The van der Waals surface area contributed by atoms with Crippen molar-refractivity contribution in [1.82, 2.24) is 10.2 Å². The monoisotopic (exact) mass is 318 g/mol. The van der Waals surface area contributed by atoms with Crippen LogP contribution in [0.4, 0.5) is 0 Å². The highest BCUT2D eigenvalue weighted by atomic mass is 16.3. The van der Waals surface area contributed by atoms with Gasteiger partial charge in [-0.2, -0.15) is 5.10 Å². The van der Waals surface area contributed by atoms with Crippen molar-refractivity contribution in [3.63, 3.8) is 0 Å². The van der Waals surface area contributed by atoms with Crippen molar-refractivity contribution >= 4 is 11.6 Å². The highest BCUT2D eigenvalue weighted by Crippen LogP contribution is 2.33. The van der Waals surface area contributed by atoms with Crippen LogP contribution in [-0.2, 0) is 11.2 Å². The van der Waals surface area contributed by atoms with Gasteiger partial charge in [-0.15, -0.1) is 0 Å². The molecule has 3 aromatic rings. The highest BCUT2D eigenvalue weighted by molar-refractivity contribution is 6.48. The van der Waals surface area contributed by atoms with Gasteiger partial charge in [0.2, 0.25) is 11.6 Å². The normalized spacial score (nSPS) is 16.4. The second-order valence-corrected chi connectivity index (χ2v) is 5.87. The van der Waals surface area contributed by atoms with E-state index >= 15 is 0 Å². The van der Waals surface area contributed by atoms with Crippen LogP contribution in [0.3, 0.4) is 0 Å². The Morgan fingerprint density at radius 2 is 1.88 bits per heavy atom. The summed E-state index contributed by atoms with van der Waals surface area (Å²) in [6.45, 7) is 0. The number of aromatic amines is 1. The molecule has 5 heteroatoms. The average Bonchev–Trinajstić information content (AvgIpc) is 3.15. The minimum absolute atomic E-state index is 0.169. The first-order valence-corrected chi connectivity index (χ1v) is 7.64. The Balaban J connectivity index is 1.63. The molecule has 0 fully saturated rings. The van der Waals surface area contributed by atoms with Crippen molar-refractivity contribution in [3.05, 3.63) is 71.4 Å². The first-order chi connectivity index (χ1) is 11.6. The van der Waals surface area contributed by atoms with E-state index in [-0.39, 0.29) is 11.5 Å². The molecule has 0 saturated carbocycles. The number of carbonyl (C=O) groups excluding carboxylic acids is 2. The average molecular weight is 318 g/mol. The van der Waals surface area contributed by atoms with Crippen LogP contribution < -0.4 is 0 Å². The van der Waals surface area contributed by atoms with E-state index < -0.39 is 11.7 Å². The van der Waals surface area contributed by atoms with Gasteiger partial charge in [-0.05, 0) is 23.8 Å². The van der Waals surface area contributed by atoms with Gasteiger partial charge >= 0.3 is 0 Å². The lowest BCUT2D eigenvalue weighted by atomic mass is 9.95. The SMILES string of the molecule is O=C1C(=O)C(Cc2cc(-c3cccc(O)c3)n[nH]2)c2ccccc21. The Hall–Kier alpha value is -3.21. The fourth-order valence-electron chi connectivity index (χ4n) is 3.14. The molecule has 24 heavy (non-hydrogen) atoms. The smallest absolute Gasteiger partial charge is 0.229 e. The van der Waals surface area contributed by atoms with Crippen molar-refractivity contribution in [1.29, 1.82) is 0 Å². The lowest BCUT2D eigenvalue weighted by molar-refractivity contribution is -0.115. The van der Waals surface area contributed by atoms with Crippen LogP contribution >= 0.6 is 0 Å². The highest BCUT2D eigenvalue weighted by Gasteiger charge is 2.38. The zero-order valence-electron chi connectivity index (χ0n) is 12.7. The number of aromatic hydroxyl groups is 1. The van der Waals surface area contributed by atoms with Gasteiger partial charge in [0.25, 0.3) is 0 Å². The van der Waals surface area contributed by atoms with E-state index in [4.69, 9.17) is 0 Å². The summed E-state index contributed by atoms with van der Waals surface area (Å²) in [6, 6.07) is 15.8. The third kappa shape index (κ3) is 2.31. The molecule has 0 bridgehead atoms. The summed E-state index contributed by atoms with van der Waals surface area (Å²) in [4.78, 5) is 24.3. The number of phenolic OH excluding ortho intramolecular Hbond substituents is 1. The lowest BCUT2D eigenvalue weighted by Gasteiger charge is -2.07. The number of H-pyrrole nitrogens is 1. The molecule has 4 rings (SSSR count). The number of hydrogen-bond donors (Lipinski definition) is 2. The molecule has 2 aromatic carbocycles. The molecule has 1 atom stereocenters. The second-order valence-electron chi connectivity index (χ2n) is 5.87. The van der Waals surface area contributed by atoms with Gasteiger partial charge in [-0.3, -0.25) is 14.7 Å². The summed E-state index contributed by atoms with van der Waals surface area (Å²) in [5, 5.41) is 16.7. The minimum atomic E-state index is -0.467. The Morgan fingerprint density at radius 1 is 1.04 bits per heavy atom. The summed E-state index contributed by atoms with van der Waals surface area (Å²) in [7, 11) is 0. The number of nitrogens with zero attached hydrogens (tertiary/aromatic N) is 1. The molecule has 5 nitrogen and oxygen atoms in total. The Morgan fingerprint density at radius 3 is 2.71 bits per heavy atom. The summed E-state index contributed by atoms with van der Waals surface area (Å²) >= 11 is 0. The van der Waals surface area contributed by atoms with Gasteiger partial charge in [-0.1, -0.05) is 36.4 Å². The summed E-state index contributed by atoms with van der Waals surface area (Å²) in [5.41, 5.74) is 3.52. The van der Waals surface area contributed by atoms with Gasteiger partial charge in [-0.25, -0.2) is 0 Å². The molecule has 1 unspecified atom stereocenters. The molecule has 0 saturated heterocycles. The predicted octanol–water partition coefficient (Wildman–Crippen LogP) is 2.87. The van der Waals surface area contributed by atoms with E-state index in [1.807, 2.05) is 24.3 Å². The zero-order chi connectivity index (χ0) is 16.7. The standard InChI is InChI=1S/C19H14N2O3/c22-13-5-3-4-11(8-13)17-10-12(20-21-17)9-16-14-6-1-2-7-15(14)18(23)19(16)24/h1-8,10,16,22H,9H2,(H,20,21). The summed E-state index contributed by atoms with van der Waals surface area (Å²) in [6.07, 6.45) is 0.396. The Kier molecular flexibility index (Phi) is 3.27. The lowest BCUT2D eigenvalue weighted by Crippen LogP contribution is -2.14. The molecule has 1 aliphatic carbocycles. The quantitative estimate of drug-likeness (QED) is 0.727. The summed E-state index contributed by atoms with van der Waals surface area (Å²) in [5.74, 6) is -1.08. The number of carbonyl (C=O) groups is 2. The van der Waals surface area contributed by atoms with Gasteiger partial charge in [0.1, 0.15) is 5.75 Å². The first-order valence-electron chi connectivity index (χ1n) is 7.64. The van der Waals surface area contributed by atoms with E-state index in [0.29, 0.717) is 17.7 Å². The van der Waals surface area contributed by atoms with Gasteiger partial charge < -0.3 is 5.11 Å². The maximum absolute atomic E-state index is 12.3. The topological polar surface area (TPSA) is 83.1 Å². The molecule has 0 amide bonds. The van der Waals surface area contributed by atoms with Crippen molar-refractivity contribution in [2.24, 2.45) is 0 Å². The van der Waals surface area contributed by atoms with E-state index in [9.17, 15) is 14.7 Å². The second kappa shape index (κ2) is 5.45. The Labute approximate surface area is 138 Å². The van der Waals surface area contributed by atoms with Crippen LogP contribution in [0.25, 0.3) is 11.3 Å². The molecular formula is C19H14N2O3.